The van der Waals surface area contributed by atoms with Crippen molar-refractivity contribution in [3.05, 3.63) is 83.8 Å². The van der Waals surface area contributed by atoms with Crippen LogP contribution in [0.1, 0.15) is 38.1 Å². The first-order valence-corrected chi connectivity index (χ1v) is 14.4. The number of aliphatic carboxylic acids is 1. The van der Waals surface area contributed by atoms with Crippen LogP contribution in [0, 0.1) is 0 Å². The lowest BCUT2D eigenvalue weighted by Crippen LogP contribution is -2.46. The zero-order chi connectivity index (χ0) is 32.4. The second-order valence-electron chi connectivity index (χ2n) is 9.82. The Hall–Kier alpha value is -4.44. The highest BCUT2D eigenvalue weighted by Crippen LogP contribution is 2.42. The lowest BCUT2D eigenvalue weighted by Gasteiger charge is -2.35. The van der Waals surface area contributed by atoms with Gasteiger partial charge in [0.15, 0.2) is 23.2 Å². The first-order chi connectivity index (χ1) is 20.6. The summed E-state index contributed by atoms with van der Waals surface area (Å²) in [5.74, 6) is -6.11. The van der Waals surface area contributed by atoms with E-state index >= 15 is 8.78 Å². The van der Waals surface area contributed by atoms with Crippen LogP contribution >= 0.6 is 0 Å². The van der Waals surface area contributed by atoms with Gasteiger partial charge in [-0.3, -0.25) is 14.4 Å². The van der Waals surface area contributed by atoms with Crippen molar-refractivity contribution in [3.8, 4) is 11.1 Å². The summed E-state index contributed by atoms with van der Waals surface area (Å²) in [6.45, 7) is 5.06. The number of rotatable bonds is 9. The Morgan fingerprint density at radius 3 is 2.23 bits per heavy atom. The molecule has 0 fully saturated rings. The van der Waals surface area contributed by atoms with Crippen LogP contribution in [0.15, 0.2) is 82.3 Å². The van der Waals surface area contributed by atoms with Gasteiger partial charge in [0, 0.05) is 23.6 Å². The summed E-state index contributed by atoms with van der Waals surface area (Å²) in [5.41, 5.74) is -2.04. The van der Waals surface area contributed by atoms with Crippen molar-refractivity contribution in [1.29, 1.82) is 0 Å². The van der Waals surface area contributed by atoms with E-state index in [0.717, 1.165) is 31.2 Å². The fraction of sp³-hybridized carbons (Fsp3) is 0.286. The minimum Gasteiger partial charge on any atom is -0.481 e. The zero-order valence-corrected chi connectivity index (χ0v) is 24.2. The van der Waals surface area contributed by atoms with E-state index in [1.807, 2.05) is 13.8 Å². The molecule has 10 nitrogen and oxygen atoms in total. The number of nitrogens with one attached hydrogen (secondary N) is 1. The van der Waals surface area contributed by atoms with Gasteiger partial charge in [-0.25, -0.2) is 27.8 Å². The normalized spacial score (nSPS) is 16.6. The minimum absolute atomic E-state index is 0.0240. The molecule has 1 aliphatic heterocycles. The second kappa shape index (κ2) is 12.7. The number of allylic oxidation sites excluding steroid dienone is 1. The van der Waals surface area contributed by atoms with Crippen LogP contribution in [-0.2, 0) is 26.2 Å². The number of carboxylic acid groups (broad SMARTS) is 1. The van der Waals surface area contributed by atoms with Crippen LogP contribution in [0.4, 0.5) is 27.6 Å². The van der Waals surface area contributed by atoms with Crippen LogP contribution in [0.2, 0.25) is 0 Å². The number of para-hydroxylation sites is 1. The molecule has 0 saturated carbocycles. The average Bonchev–Trinajstić information content (AvgIpc) is 2.96. The summed E-state index contributed by atoms with van der Waals surface area (Å²) in [4.78, 5) is 22.5. The third kappa shape index (κ3) is 7.02. The van der Waals surface area contributed by atoms with E-state index in [2.05, 4.69) is 15.0 Å². The number of nitrogens with zero attached hydrogens (tertiary/aromatic N) is 4. The van der Waals surface area contributed by atoms with Crippen LogP contribution in [0.5, 0.6) is 0 Å². The van der Waals surface area contributed by atoms with Gasteiger partial charge in [0.05, 0.1) is 16.9 Å². The van der Waals surface area contributed by atoms with Crippen LogP contribution < -0.4 is 9.62 Å². The Morgan fingerprint density at radius 1 is 1.05 bits per heavy atom. The Balaban J connectivity index is 1.63. The van der Waals surface area contributed by atoms with Gasteiger partial charge in [-0.2, -0.15) is 17.6 Å². The third-order valence-electron chi connectivity index (χ3n) is 6.39. The molecule has 2 heterocycles. The Bertz CT molecular complexity index is 1690. The van der Waals surface area contributed by atoms with Crippen molar-refractivity contribution in [2.45, 2.75) is 56.9 Å². The number of hydrogen-bond acceptors (Lipinski definition) is 8. The van der Waals surface area contributed by atoms with E-state index in [0.29, 0.717) is 17.0 Å². The number of benzene rings is 2. The van der Waals surface area contributed by atoms with E-state index in [1.54, 1.807) is 4.72 Å². The predicted octanol–water partition coefficient (Wildman–Crippen LogP) is 5.45. The summed E-state index contributed by atoms with van der Waals surface area (Å²) in [7, 11) is -4.75. The number of hydrogen-bond donors (Lipinski definition) is 2. The predicted molar refractivity (Wildman–Crippen MR) is 149 cm³/mol. The van der Waals surface area contributed by atoms with Crippen LogP contribution in [0.3, 0.4) is 0 Å². The van der Waals surface area contributed by atoms with Crippen molar-refractivity contribution in [2.24, 2.45) is 4.99 Å². The SMILES string of the molecule is CC(C)OCc1ncc(-c2ccc(S(=O)(=O)NC3=NC(F)N(c4ccccc4[C@H](C)C(=O)O)C(C(F)(F)F)=C3F)cc2)cn1. The highest BCUT2D eigenvalue weighted by molar-refractivity contribution is 7.90. The van der Waals surface area contributed by atoms with E-state index < -0.39 is 62.4 Å². The van der Waals surface area contributed by atoms with Gasteiger partial charge in [-0.15, -0.1) is 0 Å². The molecule has 234 valence electrons. The Kier molecular flexibility index (Phi) is 9.34. The molecule has 2 aromatic carbocycles. The molecule has 16 heteroatoms. The number of aromatic nitrogens is 2. The van der Waals surface area contributed by atoms with Gasteiger partial charge < -0.3 is 9.84 Å². The largest absolute Gasteiger partial charge is 0.481 e. The third-order valence-corrected chi connectivity index (χ3v) is 7.74. The molecule has 2 atom stereocenters. The fourth-order valence-corrected chi connectivity index (χ4v) is 5.16. The number of carbonyl (C=O) groups is 1. The van der Waals surface area contributed by atoms with Crippen molar-refractivity contribution >= 4 is 27.5 Å². The molecule has 3 aromatic rings. The van der Waals surface area contributed by atoms with E-state index in [1.165, 1.54) is 36.7 Å². The quantitative estimate of drug-likeness (QED) is 0.233. The maximum Gasteiger partial charge on any atom is 0.434 e. The lowest BCUT2D eigenvalue weighted by atomic mass is 9.98. The van der Waals surface area contributed by atoms with E-state index in [-0.39, 0.29) is 23.2 Å². The number of ether oxygens (including phenoxy) is 1. The summed E-state index contributed by atoms with van der Waals surface area (Å²) in [6.07, 6.45) is -5.55. The summed E-state index contributed by atoms with van der Waals surface area (Å²) in [6, 6.07) is 9.60. The number of sulfonamides is 1. The van der Waals surface area contributed by atoms with Gasteiger partial charge in [0.25, 0.3) is 16.4 Å². The molecule has 0 radical (unpaired) electrons. The van der Waals surface area contributed by atoms with Crippen molar-refractivity contribution in [2.75, 3.05) is 4.90 Å². The lowest BCUT2D eigenvalue weighted by molar-refractivity contribution is -0.138. The molecular formula is C28H26F5N5O5S. The molecule has 1 aliphatic rings. The second-order valence-corrected chi connectivity index (χ2v) is 11.5. The highest BCUT2D eigenvalue weighted by Gasteiger charge is 2.49. The van der Waals surface area contributed by atoms with Gasteiger partial charge in [-0.1, -0.05) is 30.3 Å². The highest BCUT2D eigenvalue weighted by atomic mass is 32.2. The minimum atomic E-state index is -5.54. The molecule has 0 amide bonds. The topological polar surface area (TPSA) is 134 Å². The zero-order valence-electron chi connectivity index (χ0n) is 23.4. The number of halogens is 5. The van der Waals surface area contributed by atoms with Gasteiger partial charge >= 0.3 is 12.1 Å². The van der Waals surface area contributed by atoms with Crippen LogP contribution in [-0.4, -0.2) is 54.0 Å². The number of aliphatic imine (C=N–C) groups is 1. The fourth-order valence-electron chi connectivity index (χ4n) is 4.15. The molecule has 0 bridgehead atoms. The molecule has 44 heavy (non-hydrogen) atoms. The smallest absolute Gasteiger partial charge is 0.434 e. The summed E-state index contributed by atoms with van der Waals surface area (Å²) in [5, 5.41) is 9.37. The summed E-state index contributed by atoms with van der Waals surface area (Å²) < 4.78 is 106. The molecule has 2 N–H and O–H groups in total. The molecular weight excluding hydrogens is 613 g/mol. The number of alkyl halides is 4. The van der Waals surface area contributed by atoms with E-state index in [4.69, 9.17) is 4.74 Å². The molecule has 1 unspecified atom stereocenters. The molecule has 4 rings (SSSR count). The Morgan fingerprint density at radius 2 is 1.66 bits per heavy atom. The molecule has 0 spiro atoms. The van der Waals surface area contributed by atoms with Crippen molar-refractivity contribution in [1.82, 2.24) is 14.7 Å². The standard InChI is InChI=1S/C28H26F5N5O5S/c1-15(2)43-14-22-34-12-18(13-35-22)17-8-10-19(11-9-17)44(41,42)37-25-23(29)24(28(31,32)33)38(27(30)36-25)21-7-5-4-6-20(21)16(3)26(39)40/h4-13,15-16,27H,14H2,1-3H3,(H,36,37)(H,39,40)/t16-,27?/m0/s1. The number of amidine groups is 1. The van der Waals surface area contributed by atoms with Gasteiger partial charge in [0.2, 0.25) is 0 Å². The Labute approximate surface area is 249 Å². The van der Waals surface area contributed by atoms with E-state index in [9.17, 15) is 31.5 Å². The van der Waals surface area contributed by atoms with Crippen molar-refractivity contribution in [3.63, 3.8) is 0 Å². The van der Waals surface area contributed by atoms with Gasteiger partial charge in [-0.05, 0) is 50.1 Å². The van der Waals surface area contributed by atoms with Crippen molar-refractivity contribution < 1.29 is 45.0 Å². The number of anilines is 1. The maximum absolute atomic E-state index is 15.4. The van der Waals surface area contributed by atoms with Gasteiger partial charge in [0.1, 0.15) is 6.61 Å². The average molecular weight is 640 g/mol. The molecule has 1 aromatic heterocycles. The summed E-state index contributed by atoms with van der Waals surface area (Å²) >= 11 is 0. The monoisotopic (exact) mass is 639 g/mol. The number of carboxylic acids is 1. The van der Waals surface area contributed by atoms with Crippen LogP contribution in [0.25, 0.3) is 11.1 Å². The maximum atomic E-state index is 15.4. The molecule has 0 aliphatic carbocycles. The first kappa shape index (κ1) is 32.5. The first-order valence-electron chi connectivity index (χ1n) is 13.0. The molecule has 0 saturated heterocycles.